The highest BCUT2D eigenvalue weighted by Crippen LogP contribution is 2.48. The number of fused-ring (bicyclic) bond motifs is 2. The van der Waals surface area contributed by atoms with Gasteiger partial charge < -0.3 is 9.47 Å². The molecule has 1 saturated carbocycles. The van der Waals surface area contributed by atoms with Crippen LogP contribution in [0.1, 0.15) is 6.42 Å². The molecule has 1 heterocycles. The lowest BCUT2D eigenvalue weighted by atomic mass is 10.2. The average molecular weight is 290 g/mol. The molecule has 0 radical (unpaired) electrons. The highest BCUT2D eigenvalue weighted by atomic mass is 28.3. The highest BCUT2D eigenvalue weighted by molar-refractivity contribution is 6.91. The molecule has 2 bridgehead atoms. The second-order valence-electron chi connectivity index (χ2n) is 6.25. The van der Waals surface area contributed by atoms with Crippen LogP contribution in [0.5, 0.6) is 0 Å². The van der Waals surface area contributed by atoms with Gasteiger partial charge >= 0.3 is 0 Å². The molecule has 0 aromatic heterocycles. The summed E-state index contributed by atoms with van der Waals surface area (Å²) < 4.78 is 10.8. The van der Waals surface area contributed by atoms with Gasteiger partial charge in [-0.25, -0.2) is 0 Å². The molecule has 1 aliphatic carbocycles. The largest absolute Gasteiger partial charge is 0.359 e. The molecular formula is C15H22N2O2Si. The fourth-order valence-corrected chi connectivity index (χ4v) is 7.44. The Morgan fingerprint density at radius 2 is 1.95 bits per heavy atom. The first-order valence-corrected chi connectivity index (χ1v) is 10.3. The predicted octanol–water partition coefficient (Wildman–Crippen LogP) is 2.57. The number of hydrogen-bond acceptors (Lipinski definition) is 4. The van der Waals surface area contributed by atoms with Gasteiger partial charge in [-0.05, 0) is 0 Å². The second-order valence-corrected chi connectivity index (χ2v) is 10.9. The van der Waals surface area contributed by atoms with Crippen LogP contribution in [0.3, 0.4) is 0 Å². The van der Waals surface area contributed by atoms with Crippen LogP contribution in [0.4, 0.5) is 0 Å². The van der Waals surface area contributed by atoms with E-state index in [2.05, 4.69) is 53.7 Å². The smallest absolute Gasteiger partial charge is 0.146 e. The van der Waals surface area contributed by atoms with Crippen molar-refractivity contribution in [3.05, 3.63) is 30.3 Å². The van der Waals surface area contributed by atoms with Crippen LogP contribution in [-0.4, -0.2) is 40.2 Å². The van der Waals surface area contributed by atoms with E-state index in [4.69, 9.17) is 9.47 Å². The Balaban J connectivity index is 1.81. The van der Waals surface area contributed by atoms with Gasteiger partial charge in [0.15, 0.2) is 0 Å². The van der Waals surface area contributed by atoms with Gasteiger partial charge in [-0.3, -0.25) is 0 Å². The van der Waals surface area contributed by atoms with Crippen molar-refractivity contribution in [2.75, 3.05) is 13.9 Å². The summed E-state index contributed by atoms with van der Waals surface area (Å²) >= 11 is 0. The standard InChI is InChI=1S/C15H22N2O2Si/c1-18-10-19-13-9-12-15(14(13)17-16-12)20(2,3)11-7-5-4-6-8-11/h4-8,12-15H,9-10H2,1-3H3/t12-,13-,14+,15+/m1/s1. The molecule has 3 rings (SSSR count). The summed E-state index contributed by atoms with van der Waals surface area (Å²) in [6.45, 7) is 5.22. The van der Waals surface area contributed by atoms with Crippen LogP contribution in [0.2, 0.25) is 18.6 Å². The Kier molecular flexibility index (Phi) is 3.75. The Hall–Kier alpha value is -1.04. The zero-order valence-corrected chi connectivity index (χ0v) is 13.3. The normalized spacial score (nSPS) is 31.9. The summed E-state index contributed by atoms with van der Waals surface area (Å²) in [6.07, 6.45) is 1.17. The topological polar surface area (TPSA) is 43.2 Å². The van der Waals surface area contributed by atoms with E-state index in [1.165, 1.54) is 5.19 Å². The minimum absolute atomic E-state index is 0.179. The first-order valence-electron chi connectivity index (χ1n) is 7.20. The molecule has 4 nitrogen and oxygen atoms in total. The summed E-state index contributed by atoms with van der Waals surface area (Å²) in [5, 5.41) is 10.5. The maximum Gasteiger partial charge on any atom is 0.146 e. The van der Waals surface area contributed by atoms with Gasteiger partial charge in [0, 0.05) is 19.1 Å². The molecule has 0 saturated heterocycles. The lowest BCUT2D eigenvalue weighted by Crippen LogP contribution is -2.50. The van der Waals surface area contributed by atoms with Crippen LogP contribution in [0.25, 0.3) is 0 Å². The predicted molar refractivity (Wildman–Crippen MR) is 81.1 cm³/mol. The van der Waals surface area contributed by atoms with Gasteiger partial charge in [0.25, 0.3) is 0 Å². The first-order chi connectivity index (χ1) is 9.64. The quantitative estimate of drug-likeness (QED) is 0.618. The molecule has 0 spiro atoms. The molecule has 5 heteroatoms. The Bertz CT molecular complexity index is 492. The zero-order chi connectivity index (χ0) is 14.2. The van der Waals surface area contributed by atoms with Crippen LogP contribution in [-0.2, 0) is 9.47 Å². The van der Waals surface area contributed by atoms with Crippen LogP contribution in [0, 0.1) is 0 Å². The fourth-order valence-electron chi connectivity index (χ4n) is 3.70. The van der Waals surface area contributed by atoms with Crippen molar-refractivity contribution in [3.8, 4) is 0 Å². The molecule has 0 unspecified atom stereocenters. The van der Waals surface area contributed by atoms with E-state index in [0.29, 0.717) is 18.4 Å². The third-order valence-electron chi connectivity index (χ3n) is 4.74. The number of hydrogen-bond donors (Lipinski definition) is 0. The molecule has 4 atom stereocenters. The van der Waals surface area contributed by atoms with Crippen LogP contribution >= 0.6 is 0 Å². The molecule has 1 aromatic rings. The van der Waals surface area contributed by atoms with Crippen molar-refractivity contribution < 1.29 is 9.47 Å². The highest BCUT2D eigenvalue weighted by Gasteiger charge is 2.55. The Labute approximate surface area is 121 Å². The van der Waals surface area contributed by atoms with E-state index < -0.39 is 8.07 Å². The van der Waals surface area contributed by atoms with Crippen LogP contribution < -0.4 is 5.19 Å². The summed E-state index contributed by atoms with van der Waals surface area (Å²) in [4.78, 5) is 0. The van der Waals surface area contributed by atoms with E-state index in [9.17, 15) is 0 Å². The van der Waals surface area contributed by atoms with Crippen molar-refractivity contribution >= 4 is 13.3 Å². The van der Waals surface area contributed by atoms with E-state index in [1.807, 2.05) is 0 Å². The molecule has 0 amide bonds. The third kappa shape index (κ3) is 2.23. The van der Waals surface area contributed by atoms with Gasteiger partial charge in [0.05, 0.1) is 26.3 Å². The van der Waals surface area contributed by atoms with Crippen LogP contribution in [0.15, 0.2) is 40.6 Å². The number of benzene rings is 1. The maximum atomic E-state index is 5.79. The molecular weight excluding hydrogens is 268 g/mol. The lowest BCUT2D eigenvalue weighted by molar-refractivity contribution is -0.0756. The summed E-state index contributed by atoms with van der Waals surface area (Å²) in [5.41, 5.74) is 0.548. The van der Waals surface area contributed by atoms with Crippen molar-refractivity contribution in [2.45, 2.75) is 43.2 Å². The number of ether oxygens (including phenoxy) is 2. The van der Waals surface area contributed by atoms with E-state index in [-0.39, 0.29) is 12.1 Å². The Morgan fingerprint density at radius 3 is 2.65 bits per heavy atom. The number of methoxy groups -OCH3 is 1. The minimum atomic E-state index is -1.60. The zero-order valence-electron chi connectivity index (χ0n) is 12.3. The van der Waals surface area contributed by atoms with Gasteiger partial charge in [0.2, 0.25) is 0 Å². The van der Waals surface area contributed by atoms with Gasteiger partial charge in [0.1, 0.15) is 6.79 Å². The fraction of sp³-hybridized carbons (Fsp3) is 0.600. The monoisotopic (exact) mass is 290 g/mol. The molecule has 1 aliphatic heterocycles. The number of nitrogens with zero attached hydrogens (tertiary/aromatic N) is 2. The molecule has 2 aliphatic rings. The van der Waals surface area contributed by atoms with Crippen molar-refractivity contribution in [3.63, 3.8) is 0 Å². The lowest BCUT2D eigenvalue weighted by Gasteiger charge is -2.32. The first kappa shape index (κ1) is 13.9. The van der Waals surface area contributed by atoms with Crippen molar-refractivity contribution in [2.24, 2.45) is 10.2 Å². The molecule has 1 aromatic carbocycles. The van der Waals surface area contributed by atoms with Crippen molar-refractivity contribution in [1.82, 2.24) is 0 Å². The van der Waals surface area contributed by atoms with Crippen molar-refractivity contribution in [1.29, 1.82) is 0 Å². The maximum absolute atomic E-state index is 5.79. The average Bonchev–Trinajstić information content (AvgIpc) is 3.04. The van der Waals surface area contributed by atoms with E-state index in [1.54, 1.807) is 7.11 Å². The third-order valence-corrected chi connectivity index (χ3v) is 8.95. The Morgan fingerprint density at radius 1 is 1.20 bits per heavy atom. The minimum Gasteiger partial charge on any atom is -0.359 e. The van der Waals surface area contributed by atoms with Gasteiger partial charge in [-0.1, -0.05) is 48.6 Å². The summed E-state index contributed by atoms with van der Waals surface area (Å²) in [5.74, 6) is 0. The SMILES string of the molecule is COCO[C@@H]1C[C@H]2N=N[C@@H]1[C@H]2[Si](C)(C)c1ccccc1. The number of rotatable bonds is 5. The van der Waals surface area contributed by atoms with Gasteiger partial charge in [-0.2, -0.15) is 10.2 Å². The van der Waals surface area contributed by atoms with E-state index >= 15 is 0 Å². The molecule has 0 N–H and O–H groups in total. The molecule has 1 fully saturated rings. The van der Waals surface area contributed by atoms with Gasteiger partial charge in [-0.15, -0.1) is 0 Å². The summed E-state index contributed by atoms with van der Waals surface area (Å²) in [6, 6.07) is 11.4. The summed E-state index contributed by atoms with van der Waals surface area (Å²) in [7, 11) is 0.0622. The van der Waals surface area contributed by atoms with E-state index in [0.717, 1.165) is 6.42 Å². The molecule has 108 valence electrons. The molecule has 20 heavy (non-hydrogen) atoms. The second kappa shape index (κ2) is 5.39. The number of azo groups is 1.